The Morgan fingerprint density at radius 3 is 2.39 bits per heavy atom. The lowest BCUT2D eigenvalue weighted by Gasteiger charge is -2.29. The fourth-order valence-electron chi connectivity index (χ4n) is 4.75. The molecule has 5 amide bonds. The van der Waals surface area contributed by atoms with E-state index in [-0.39, 0.29) is 37.8 Å². The number of amides is 5. The zero-order chi connectivity index (χ0) is 26.6. The number of carbonyl (C=O) groups excluding carboxylic acids is 4. The van der Waals surface area contributed by atoms with Crippen molar-refractivity contribution in [3.63, 3.8) is 0 Å². The summed E-state index contributed by atoms with van der Waals surface area (Å²) in [6.07, 6.45) is -5.18. The molecule has 1 aromatic carbocycles. The smallest absolute Gasteiger partial charge is 0.417 e. The molecule has 2 aliphatic heterocycles. The van der Waals surface area contributed by atoms with Gasteiger partial charge in [0.2, 0.25) is 5.91 Å². The van der Waals surface area contributed by atoms with Crippen LogP contribution in [0, 0.1) is 5.92 Å². The van der Waals surface area contributed by atoms with Gasteiger partial charge in [0.05, 0.1) is 10.6 Å². The van der Waals surface area contributed by atoms with Crippen molar-refractivity contribution in [2.24, 2.45) is 5.92 Å². The number of alkyl halides is 3. The summed E-state index contributed by atoms with van der Waals surface area (Å²) >= 11 is 5.81. The fourth-order valence-corrected chi connectivity index (χ4v) is 5.04. The minimum absolute atomic E-state index is 0.00516. The Labute approximate surface area is 210 Å². The van der Waals surface area contributed by atoms with E-state index in [2.05, 4.69) is 5.32 Å². The molecule has 0 radical (unpaired) electrons. The number of benzene rings is 1. The highest BCUT2D eigenvalue weighted by Gasteiger charge is 2.60. The number of imide groups is 1. The molecule has 0 aromatic heterocycles. The van der Waals surface area contributed by atoms with Crippen LogP contribution in [0.4, 0.5) is 22.8 Å². The van der Waals surface area contributed by atoms with Gasteiger partial charge in [0.15, 0.2) is 6.23 Å². The summed E-state index contributed by atoms with van der Waals surface area (Å²) < 4.78 is 44.8. The average Bonchev–Trinajstić information content (AvgIpc) is 3.49. The molecule has 13 heteroatoms. The summed E-state index contributed by atoms with van der Waals surface area (Å²) in [5.41, 5.74) is -1.35. The molecule has 9 nitrogen and oxygen atoms in total. The standard InChI is InChI=1S/C23H26ClF3N4O5/c1-12(36-21(35)29(2)3)31-19(33)22(15-4-5-15,28-20(31)34)7-6-18(32)30-10-13-8-16(23(25,26)27)17(24)9-14(13)11-30/h8-9,12,15H,4-7,10-11H2,1-3H3,(H,28,34). The Balaban J connectivity index is 1.45. The summed E-state index contributed by atoms with van der Waals surface area (Å²) in [5.74, 6) is -1.08. The summed E-state index contributed by atoms with van der Waals surface area (Å²) in [6, 6.07) is 1.49. The maximum Gasteiger partial charge on any atom is 0.417 e. The van der Waals surface area contributed by atoms with Gasteiger partial charge in [0.1, 0.15) is 5.54 Å². The number of rotatable bonds is 6. The third-order valence-corrected chi connectivity index (χ3v) is 7.14. The molecule has 0 spiro atoms. The molecule has 3 aliphatic rings. The molecule has 1 aliphatic carbocycles. The van der Waals surface area contributed by atoms with Crippen molar-refractivity contribution in [1.82, 2.24) is 20.0 Å². The van der Waals surface area contributed by atoms with E-state index in [4.69, 9.17) is 16.3 Å². The summed E-state index contributed by atoms with van der Waals surface area (Å²) in [5, 5.41) is 2.30. The third-order valence-electron chi connectivity index (χ3n) is 6.83. The first-order valence-corrected chi connectivity index (χ1v) is 11.8. The molecular weight excluding hydrogens is 505 g/mol. The molecule has 0 bridgehead atoms. The van der Waals surface area contributed by atoms with Crippen molar-refractivity contribution >= 4 is 35.5 Å². The van der Waals surface area contributed by atoms with Gasteiger partial charge in [-0.15, -0.1) is 0 Å². The van der Waals surface area contributed by atoms with E-state index in [1.807, 2.05) is 0 Å². The first-order valence-electron chi connectivity index (χ1n) is 11.4. The van der Waals surface area contributed by atoms with Crippen LogP contribution in [0.1, 0.15) is 49.3 Å². The SMILES string of the molecule is CC(OC(=O)N(C)C)N1C(=O)NC(CCC(=O)N2Cc3cc(Cl)c(C(F)(F)F)cc3C2)(C2CC2)C1=O. The van der Waals surface area contributed by atoms with Crippen molar-refractivity contribution in [1.29, 1.82) is 0 Å². The molecule has 1 saturated carbocycles. The van der Waals surface area contributed by atoms with Crippen LogP contribution in [0.3, 0.4) is 0 Å². The van der Waals surface area contributed by atoms with E-state index in [1.165, 1.54) is 36.9 Å². The minimum Gasteiger partial charge on any atom is -0.425 e. The minimum atomic E-state index is -4.61. The largest absolute Gasteiger partial charge is 0.425 e. The number of halogens is 4. The Morgan fingerprint density at radius 1 is 1.22 bits per heavy atom. The van der Waals surface area contributed by atoms with Crippen LogP contribution in [0.2, 0.25) is 5.02 Å². The Kier molecular flexibility index (Phi) is 6.61. The second-order valence-corrected chi connectivity index (χ2v) is 9.98. The first kappa shape index (κ1) is 26.1. The Hall–Kier alpha value is -3.02. The van der Waals surface area contributed by atoms with Crippen LogP contribution < -0.4 is 5.32 Å². The molecule has 4 rings (SSSR count). The molecule has 2 unspecified atom stereocenters. The van der Waals surface area contributed by atoms with E-state index in [0.717, 1.165) is 11.0 Å². The summed E-state index contributed by atoms with van der Waals surface area (Å²) in [6.45, 7) is 1.51. The molecule has 1 aromatic rings. The van der Waals surface area contributed by atoms with Gasteiger partial charge in [0.25, 0.3) is 5.91 Å². The van der Waals surface area contributed by atoms with Crippen molar-refractivity contribution in [2.45, 2.75) is 63.6 Å². The third kappa shape index (κ3) is 4.70. The number of nitrogens with zero attached hydrogens (tertiary/aromatic N) is 3. The molecule has 36 heavy (non-hydrogen) atoms. The zero-order valence-corrected chi connectivity index (χ0v) is 20.7. The number of nitrogens with one attached hydrogen (secondary N) is 1. The lowest BCUT2D eigenvalue weighted by Crippen LogP contribution is -2.51. The first-order chi connectivity index (χ1) is 16.7. The fraction of sp³-hybridized carbons (Fsp3) is 0.565. The van der Waals surface area contributed by atoms with Crippen LogP contribution in [-0.4, -0.2) is 64.5 Å². The number of hydrogen-bond acceptors (Lipinski definition) is 5. The van der Waals surface area contributed by atoms with Crippen LogP contribution >= 0.6 is 11.6 Å². The van der Waals surface area contributed by atoms with Gasteiger partial charge in [-0.25, -0.2) is 14.5 Å². The lowest BCUT2D eigenvalue weighted by molar-refractivity contribution is -0.139. The predicted octanol–water partition coefficient (Wildman–Crippen LogP) is 3.73. The molecule has 1 N–H and O–H groups in total. The monoisotopic (exact) mass is 530 g/mol. The van der Waals surface area contributed by atoms with Gasteiger partial charge in [-0.05, 0) is 55.4 Å². The van der Waals surface area contributed by atoms with E-state index in [9.17, 15) is 32.3 Å². The van der Waals surface area contributed by atoms with Crippen LogP contribution in [0.15, 0.2) is 12.1 Å². The van der Waals surface area contributed by atoms with E-state index in [0.29, 0.717) is 24.0 Å². The highest BCUT2D eigenvalue weighted by Crippen LogP contribution is 2.46. The molecule has 196 valence electrons. The van der Waals surface area contributed by atoms with E-state index >= 15 is 0 Å². The van der Waals surface area contributed by atoms with Gasteiger partial charge in [-0.1, -0.05) is 11.6 Å². The van der Waals surface area contributed by atoms with Gasteiger partial charge in [-0.2, -0.15) is 13.2 Å². The van der Waals surface area contributed by atoms with Crippen molar-refractivity contribution in [3.05, 3.63) is 33.8 Å². The highest BCUT2D eigenvalue weighted by atomic mass is 35.5. The maximum absolute atomic E-state index is 13.4. The molecule has 1 saturated heterocycles. The van der Waals surface area contributed by atoms with Crippen LogP contribution in [0.25, 0.3) is 0 Å². The molecule has 2 fully saturated rings. The number of hydrogen-bond donors (Lipinski definition) is 1. The predicted molar refractivity (Wildman–Crippen MR) is 120 cm³/mol. The zero-order valence-electron chi connectivity index (χ0n) is 19.9. The lowest BCUT2D eigenvalue weighted by atomic mass is 9.87. The quantitative estimate of drug-likeness (QED) is 0.565. The van der Waals surface area contributed by atoms with Crippen molar-refractivity contribution in [2.75, 3.05) is 14.1 Å². The average molecular weight is 531 g/mol. The maximum atomic E-state index is 13.4. The van der Waals surface area contributed by atoms with Gasteiger partial charge >= 0.3 is 18.3 Å². The van der Waals surface area contributed by atoms with Crippen molar-refractivity contribution < 1.29 is 37.1 Å². The molecule has 2 heterocycles. The van der Waals surface area contributed by atoms with E-state index < -0.39 is 46.6 Å². The topological polar surface area (TPSA) is 99.3 Å². The number of urea groups is 1. The summed E-state index contributed by atoms with van der Waals surface area (Å²) in [4.78, 5) is 54.4. The van der Waals surface area contributed by atoms with E-state index in [1.54, 1.807) is 0 Å². The number of ether oxygens (including phenoxy) is 1. The number of carbonyl (C=O) groups is 4. The van der Waals surface area contributed by atoms with Crippen molar-refractivity contribution in [3.8, 4) is 0 Å². The second-order valence-electron chi connectivity index (χ2n) is 9.58. The van der Waals surface area contributed by atoms with Crippen LogP contribution in [-0.2, 0) is 33.6 Å². The van der Waals surface area contributed by atoms with Gasteiger partial charge in [0, 0.05) is 33.6 Å². The Morgan fingerprint density at radius 2 is 1.83 bits per heavy atom. The number of fused-ring (bicyclic) bond motifs is 1. The second kappa shape index (κ2) is 9.13. The normalized spacial score (nSPS) is 22.4. The molecular formula is C23H26ClF3N4O5. The van der Waals surface area contributed by atoms with Gasteiger partial charge < -0.3 is 19.9 Å². The van der Waals surface area contributed by atoms with Gasteiger partial charge in [-0.3, -0.25) is 9.59 Å². The highest BCUT2D eigenvalue weighted by molar-refractivity contribution is 6.31. The molecule has 2 atom stereocenters. The Bertz CT molecular complexity index is 1120. The summed E-state index contributed by atoms with van der Waals surface area (Å²) in [7, 11) is 2.94. The van der Waals surface area contributed by atoms with Crippen LogP contribution in [0.5, 0.6) is 0 Å².